The quantitative estimate of drug-likeness (QED) is 0.231. The number of hydrogen-bond donors (Lipinski definition) is 1. The Morgan fingerprint density at radius 3 is 2.52 bits per heavy atom. The lowest BCUT2D eigenvalue weighted by Gasteiger charge is -2.33. The average molecular weight is 470 g/mol. The molecule has 0 aromatic carbocycles. The van der Waals surface area contributed by atoms with Crippen molar-refractivity contribution in [2.45, 2.75) is 69.6 Å². The van der Waals surface area contributed by atoms with Crippen molar-refractivity contribution in [2.75, 3.05) is 26.4 Å². The summed E-state index contributed by atoms with van der Waals surface area (Å²) in [7, 11) is 0. The summed E-state index contributed by atoms with van der Waals surface area (Å²) >= 11 is 0. The normalized spacial score (nSPS) is 39.6. The van der Waals surface area contributed by atoms with Gasteiger partial charge in [-0.1, -0.05) is 6.58 Å². The van der Waals surface area contributed by atoms with Gasteiger partial charge in [-0.05, 0) is 20.8 Å². The third kappa shape index (κ3) is 4.52. The van der Waals surface area contributed by atoms with Crippen molar-refractivity contribution in [3.05, 3.63) is 12.2 Å². The van der Waals surface area contributed by atoms with Crippen molar-refractivity contribution in [1.82, 2.24) is 0 Å². The molecule has 0 spiro atoms. The van der Waals surface area contributed by atoms with Crippen molar-refractivity contribution in [3.63, 3.8) is 0 Å². The minimum atomic E-state index is -1.74. The summed E-state index contributed by atoms with van der Waals surface area (Å²) in [5, 5.41) is 10.6. The van der Waals surface area contributed by atoms with Crippen LogP contribution < -0.4 is 0 Å². The Bertz CT molecular complexity index is 838. The molecule has 4 fully saturated rings. The monoisotopic (exact) mass is 470 g/mol. The summed E-state index contributed by atoms with van der Waals surface area (Å²) in [6.07, 6.45) is -0.210. The Balaban J connectivity index is 1.45. The maximum atomic E-state index is 12.2. The highest BCUT2D eigenvalue weighted by atomic mass is 16.9. The molecule has 0 amide bonds. The maximum absolute atomic E-state index is 12.2. The second-order valence-corrected chi connectivity index (χ2v) is 9.25. The number of hydrogen-bond acceptors (Lipinski definition) is 11. The summed E-state index contributed by atoms with van der Waals surface area (Å²) in [6.45, 7) is 8.26. The number of carbonyl (C=O) groups excluding carboxylic acids is 3. The lowest BCUT2D eigenvalue weighted by atomic mass is 9.98. The molecule has 184 valence electrons. The Morgan fingerprint density at radius 1 is 1.21 bits per heavy atom. The molecule has 4 aliphatic heterocycles. The standard InChI is InChI=1S/C22H30O11/c1-12(2)17(23)29-11-22-16(32-21(4,33-22)15-6-8-28-19(15)25)9-13(31-22)10-30-20(3,26)14-5-7-27-18(14)24/h13-16,26H,1,5-11H2,2-4H3/t13-,14?,15?,16-,20?,21?,22-/m0/s1. The second-order valence-electron chi connectivity index (χ2n) is 9.25. The SMILES string of the molecule is C=C(C)C(=O)OC[C@@]12O[C@H](COC(C)(O)C3CCOC3=O)C[C@@H]1OC(C)(C1CCOC1=O)O2. The lowest BCUT2D eigenvalue weighted by Crippen LogP contribution is -2.47. The fraction of sp³-hybridized carbons (Fsp3) is 0.773. The van der Waals surface area contributed by atoms with Crippen LogP contribution >= 0.6 is 0 Å². The van der Waals surface area contributed by atoms with Crippen molar-refractivity contribution in [3.8, 4) is 0 Å². The van der Waals surface area contributed by atoms with Crippen LogP contribution in [0.1, 0.15) is 40.0 Å². The third-order valence-electron chi connectivity index (χ3n) is 6.55. The zero-order valence-corrected chi connectivity index (χ0v) is 19.0. The van der Waals surface area contributed by atoms with E-state index in [-0.39, 0.29) is 38.4 Å². The van der Waals surface area contributed by atoms with E-state index in [1.807, 2.05) is 0 Å². The van der Waals surface area contributed by atoms with Gasteiger partial charge in [0.05, 0.1) is 25.9 Å². The molecule has 0 aliphatic carbocycles. The molecule has 33 heavy (non-hydrogen) atoms. The van der Waals surface area contributed by atoms with Crippen LogP contribution in [0.15, 0.2) is 12.2 Å². The Kier molecular flexibility index (Phi) is 6.29. The van der Waals surface area contributed by atoms with Gasteiger partial charge in [0.1, 0.15) is 24.5 Å². The first-order valence-corrected chi connectivity index (χ1v) is 11.0. The van der Waals surface area contributed by atoms with Gasteiger partial charge < -0.3 is 38.3 Å². The zero-order chi connectivity index (χ0) is 24.0. The van der Waals surface area contributed by atoms with Crippen molar-refractivity contribution >= 4 is 17.9 Å². The number of esters is 3. The van der Waals surface area contributed by atoms with Gasteiger partial charge in [0.2, 0.25) is 5.79 Å². The Labute approximate surface area is 191 Å². The van der Waals surface area contributed by atoms with Crippen LogP contribution in [0.5, 0.6) is 0 Å². The molecule has 1 N–H and O–H groups in total. The number of fused-ring (bicyclic) bond motifs is 1. The molecule has 11 nitrogen and oxygen atoms in total. The molecule has 4 unspecified atom stereocenters. The Hall–Kier alpha value is -2.05. The zero-order valence-electron chi connectivity index (χ0n) is 19.0. The Morgan fingerprint density at radius 2 is 1.91 bits per heavy atom. The molecule has 0 aromatic rings. The fourth-order valence-corrected chi connectivity index (χ4v) is 4.72. The van der Waals surface area contributed by atoms with E-state index >= 15 is 0 Å². The summed E-state index contributed by atoms with van der Waals surface area (Å²) in [5.74, 6) is -7.54. The number of ether oxygens (including phenoxy) is 7. The second kappa shape index (κ2) is 8.62. The van der Waals surface area contributed by atoms with E-state index < -0.39 is 59.3 Å². The van der Waals surface area contributed by atoms with Gasteiger partial charge >= 0.3 is 17.9 Å². The number of aliphatic hydroxyl groups is 1. The first-order chi connectivity index (χ1) is 15.5. The molecule has 0 bridgehead atoms. The number of rotatable bonds is 8. The molecular weight excluding hydrogens is 440 g/mol. The summed E-state index contributed by atoms with van der Waals surface area (Å²) in [4.78, 5) is 36.0. The molecule has 4 heterocycles. The molecule has 0 saturated carbocycles. The maximum Gasteiger partial charge on any atom is 0.333 e. The molecule has 4 saturated heterocycles. The van der Waals surface area contributed by atoms with Gasteiger partial charge in [0.25, 0.3) is 0 Å². The molecule has 4 aliphatic rings. The largest absolute Gasteiger partial charge is 0.465 e. The smallest absolute Gasteiger partial charge is 0.333 e. The topological polar surface area (TPSA) is 136 Å². The van der Waals surface area contributed by atoms with Crippen molar-refractivity contribution in [2.24, 2.45) is 11.8 Å². The molecule has 0 aromatic heterocycles. The minimum absolute atomic E-state index is 0.0711. The lowest BCUT2D eigenvalue weighted by molar-refractivity contribution is -0.301. The predicted molar refractivity (Wildman–Crippen MR) is 107 cm³/mol. The minimum Gasteiger partial charge on any atom is -0.465 e. The molecule has 11 heteroatoms. The highest BCUT2D eigenvalue weighted by Crippen LogP contribution is 2.50. The van der Waals surface area contributed by atoms with Gasteiger partial charge in [-0.25, -0.2) is 4.79 Å². The van der Waals surface area contributed by atoms with E-state index in [4.69, 9.17) is 33.2 Å². The van der Waals surface area contributed by atoms with Crippen LogP contribution in [0, 0.1) is 11.8 Å². The van der Waals surface area contributed by atoms with Gasteiger partial charge in [-0.2, -0.15) is 0 Å². The number of cyclic esters (lactones) is 2. The van der Waals surface area contributed by atoms with Crippen LogP contribution in [0.2, 0.25) is 0 Å². The number of carbonyl (C=O) groups is 3. The predicted octanol–water partition coefficient (Wildman–Crippen LogP) is 0.574. The highest BCUT2D eigenvalue weighted by molar-refractivity contribution is 5.87. The van der Waals surface area contributed by atoms with Crippen LogP contribution in [-0.4, -0.2) is 79.0 Å². The molecular formula is C22H30O11. The summed E-state index contributed by atoms with van der Waals surface area (Å²) < 4.78 is 39.4. The third-order valence-corrected chi connectivity index (χ3v) is 6.55. The van der Waals surface area contributed by atoms with E-state index in [0.717, 1.165) is 0 Å². The highest BCUT2D eigenvalue weighted by Gasteiger charge is 2.66. The van der Waals surface area contributed by atoms with Crippen LogP contribution in [0.25, 0.3) is 0 Å². The van der Waals surface area contributed by atoms with E-state index in [1.165, 1.54) is 13.8 Å². The van der Waals surface area contributed by atoms with Gasteiger partial charge in [0, 0.05) is 24.8 Å². The first-order valence-electron chi connectivity index (χ1n) is 11.0. The van der Waals surface area contributed by atoms with Gasteiger partial charge in [-0.3, -0.25) is 9.59 Å². The average Bonchev–Trinajstić information content (AvgIpc) is 3.48. The fourth-order valence-electron chi connectivity index (χ4n) is 4.72. The van der Waals surface area contributed by atoms with Gasteiger partial charge in [-0.15, -0.1) is 0 Å². The summed E-state index contributed by atoms with van der Waals surface area (Å²) in [6, 6.07) is 0. The van der Waals surface area contributed by atoms with Crippen molar-refractivity contribution in [1.29, 1.82) is 0 Å². The van der Waals surface area contributed by atoms with Crippen molar-refractivity contribution < 1.29 is 52.6 Å². The van der Waals surface area contributed by atoms with Crippen LogP contribution in [0.4, 0.5) is 0 Å². The van der Waals surface area contributed by atoms with E-state index in [2.05, 4.69) is 6.58 Å². The van der Waals surface area contributed by atoms with Crippen LogP contribution in [-0.2, 0) is 47.5 Å². The van der Waals surface area contributed by atoms with Gasteiger partial charge in [0.15, 0.2) is 11.6 Å². The van der Waals surface area contributed by atoms with Crippen LogP contribution in [0.3, 0.4) is 0 Å². The van der Waals surface area contributed by atoms with E-state index in [9.17, 15) is 19.5 Å². The summed E-state index contributed by atoms with van der Waals surface area (Å²) in [5.41, 5.74) is 0.210. The molecule has 4 rings (SSSR count). The van der Waals surface area contributed by atoms with E-state index in [0.29, 0.717) is 12.8 Å². The molecule has 7 atom stereocenters. The first kappa shape index (κ1) is 24.1. The van der Waals surface area contributed by atoms with E-state index in [1.54, 1.807) is 6.92 Å². The molecule has 0 radical (unpaired) electrons.